The molecule has 1 atom stereocenters. The van der Waals surface area contributed by atoms with Crippen molar-refractivity contribution in [3.8, 4) is 0 Å². The summed E-state index contributed by atoms with van der Waals surface area (Å²) in [4.78, 5) is 0. The van der Waals surface area contributed by atoms with Crippen molar-refractivity contribution in [2.24, 2.45) is 5.73 Å². The van der Waals surface area contributed by atoms with E-state index in [0.29, 0.717) is 5.37 Å². The first-order chi connectivity index (χ1) is 2.89. The van der Waals surface area contributed by atoms with Gasteiger partial charge in [0.1, 0.15) is 0 Å². The lowest BCUT2D eigenvalue weighted by molar-refractivity contribution is 0.813. The van der Waals surface area contributed by atoms with E-state index in [-0.39, 0.29) is 12.4 Å². The van der Waals surface area contributed by atoms with Crippen molar-refractivity contribution < 1.29 is 0 Å². The molecule has 0 radical (unpaired) electrons. The van der Waals surface area contributed by atoms with Gasteiger partial charge in [0, 0.05) is 0 Å². The van der Waals surface area contributed by atoms with Crippen molar-refractivity contribution in [1.82, 2.24) is 0 Å². The van der Waals surface area contributed by atoms with Crippen molar-refractivity contribution in [3.05, 3.63) is 0 Å². The van der Waals surface area contributed by atoms with Crippen LogP contribution in [0.3, 0.4) is 0 Å². The van der Waals surface area contributed by atoms with Crippen LogP contribution in [-0.2, 0) is 0 Å². The molecule has 0 aromatic heterocycles. The Balaban J connectivity index is 0.000000360. The van der Waals surface area contributed by atoms with Gasteiger partial charge in [-0.05, 0) is 18.6 Å². The van der Waals surface area contributed by atoms with Crippen LogP contribution >= 0.6 is 24.2 Å². The first-order valence-corrected chi connectivity index (χ1v) is 3.31. The second-order valence-corrected chi connectivity index (χ2v) is 2.90. The third-order valence-electron chi connectivity index (χ3n) is 0.965. The van der Waals surface area contributed by atoms with Crippen molar-refractivity contribution in [2.45, 2.75) is 18.2 Å². The van der Waals surface area contributed by atoms with Crippen LogP contribution < -0.4 is 5.73 Å². The van der Waals surface area contributed by atoms with Crippen LogP contribution in [0.4, 0.5) is 0 Å². The van der Waals surface area contributed by atoms with Gasteiger partial charge in [0.2, 0.25) is 0 Å². The van der Waals surface area contributed by atoms with Crippen LogP contribution in [0.1, 0.15) is 12.8 Å². The quantitative estimate of drug-likeness (QED) is 0.546. The number of nitrogens with two attached hydrogens (primary N) is 1. The second-order valence-electron chi connectivity index (χ2n) is 1.55. The Bertz CT molecular complexity index is 45.0. The van der Waals surface area contributed by atoms with Crippen molar-refractivity contribution in [2.75, 3.05) is 5.75 Å². The van der Waals surface area contributed by atoms with Gasteiger partial charge in [0.05, 0.1) is 5.37 Å². The molecule has 0 bridgehead atoms. The molecule has 0 aromatic carbocycles. The molecule has 1 nitrogen and oxygen atoms in total. The Kier molecular flexibility index (Phi) is 3.89. The third-order valence-corrected chi connectivity index (χ3v) is 2.15. The van der Waals surface area contributed by atoms with E-state index in [0.717, 1.165) is 0 Å². The predicted octanol–water partition coefficient (Wildman–Crippen LogP) is 1.22. The van der Waals surface area contributed by atoms with E-state index < -0.39 is 0 Å². The SMILES string of the molecule is Cl.NC1CCCS1. The molecule has 0 aliphatic carbocycles. The summed E-state index contributed by atoms with van der Waals surface area (Å²) in [6.45, 7) is 0. The predicted molar refractivity (Wildman–Crippen MR) is 36.9 cm³/mol. The smallest absolute Gasteiger partial charge is 0.0507 e. The lowest BCUT2D eigenvalue weighted by Crippen LogP contribution is -2.08. The van der Waals surface area contributed by atoms with Crippen molar-refractivity contribution >= 4 is 24.2 Å². The normalized spacial score (nSPS) is 29.6. The Morgan fingerprint density at radius 2 is 2.29 bits per heavy atom. The maximum Gasteiger partial charge on any atom is 0.0507 e. The highest BCUT2D eigenvalue weighted by molar-refractivity contribution is 8.00. The minimum absolute atomic E-state index is 0. The fourth-order valence-corrected chi connectivity index (χ4v) is 1.57. The summed E-state index contributed by atoms with van der Waals surface area (Å²) in [7, 11) is 0. The fourth-order valence-electron chi connectivity index (χ4n) is 0.603. The van der Waals surface area contributed by atoms with Crippen LogP contribution in [0.25, 0.3) is 0 Å². The highest BCUT2D eigenvalue weighted by atomic mass is 35.5. The monoisotopic (exact) mass is 139 g/mol. The topological polar surface area (TPSA) is 26.0 Å². The summed E-state index contributed by atoms with van der Waals surface area (Å²) < 4.78 is 0. The molecule has 7 heavy (non-hydrogen) atoms. The number of thioether (sulfide) groups is 1. The summed E-state index contributed by atoms with van der Waals surface area (Å²) in [5.41, 5.74) is 5.50. The van der Waals surface area contributed by atoms with Gasteiger partial charge < -0.3 is 5.73 Å². The number of halogens is 1. The maximum atomic E-state index is 5.50. The van der Waals surface area contributed by atoms with Crippen molar-refractivity contribution in [3.63, 3.8) is 0 Å². The summed E-state index contributed by atoms with van der Waals surface area (Å²) in [5, 5.41) is 0.463. The number of rotatable bonds is 0. The lowest BCUT2D eigenvalue weighted by Gasteiger charge is -1.92. The molecule has 1 aliphatic rings. The standard InChI is InChI=1S/C4H9NS.ClH/c5-4-2-1-3-6-4;/h4H,1-3,5H2;1H. The molecule has 0 amide bonds. The second kappa shape index (κ2) is 3.58. The highest BCUT2D eigenvalue weighted by Crippen LogP contribution is 2.20. The average molecular weight is 140 g/mol. The van der Waals surface area contributed by atoms with Gasteiger partial charge in [-0.3, -0.25) is 0 Å². The van der Waals surface area contributed by atoms with E-state index in [4.69, 9.17) is 5.73 Å². The van der Waals surface area contributed by atoms with Crippen LogP contribution in [0, 0.1) is 0 Å². The van der Waals surface area contributed by atoms with Crippen LogP contribution in [0.5, 0.6) is 0 Å². The molecule has 1 rings (SSSR count). The van der Waals surface area contributed by atoms with Gasteiger partial charge in [-0.2, -0.15) is 0 Å². The lowest BCUT2D eigenvalue weighted by atomic mass is 10.3. The van der Waals surface area contributed by atoms with E-state index in [9.17, 15) is 0 Å². The van der Waals surface area contributed by atoms with Gasteiger partial charge in [-0.25, -0.2) is 0 Å². The summed E-state index contributed by atoms with van der Waals surface area (Å²) in [6, 6.07) is 0. The summed E-state index contributed by atoms with van der Waals surface area (Å²) in [5.74, 6) is 1.28. The van der Waals surface area contributed by atoms with E-state index in [2.05, 4.69) is 0 Å². The van der Waals surface area contributed by atoms with E-state index in [1.54, 1.807) is 0 Å². The summed E-state index contributed by atoms with van der Waals surface area (Å²) >= 11 is 1.87. The molecule has 1 saturated heterocycles. The molecule has 0 saturated carbocycles. The summed E-state index contributed by atoms with van der Waals surface area (Å²) in [6.07, 6.45) is 2.55. The molecule has 44 valence electrons. The Hall–Kier alpha value is 0.600. The largest absolute Gasteiger partial charge is 0.319 e. The molecule has 1 fully saturated rings. The highest BCUT2D eigenvalue weighted by Gasteiger charge is 2.08. The average Bonchev–Trinajstić information content (AvgIpc) is 1.86. The molecule has 1 heterocycles. The zero-order valence-corrected chi connectivity index (χ0v) is 5.73. The molecule has 0 spiro atoms. The molecule has 1 unspecified atom stereocenters. The first-order valence-electron chi connectivity index (χ1n) is 2.27. The van der Waals surface area contributed by atoms with Gasteiger partial charge in [0.25, 0.3) is 0 Å². The first kappa shape index (κ1) is 7.60. The molecular formula is C4H10ClNS. The minimum atomic E-state index is 0. The Labute approximate surface area is 54.4 Å². The third kappa shape index (κ3) is 2.42. The molecule has 2 N–H and O–H groups in total. The van der Waals surface area contributed by atoms with Crippen LogP contribution in [0.15, 0.2) is 0 Å². The Morgan fingerprint density at radius 1 is 1.57 bits per heavy atom. The van der Waals surface area contributed by atoms with Crippen LogP contribution in [0.2, 0.25) is 0 Å². The van der Waals surface area contributed by atoms with Gasteiger partial charge >= 0.3 is 0 Å². The van der Waals surface area contributed by atoms with Gasteiger partial charge in [0.15, 0.2) is 0 Å². The number of hydrogen-bond acceptors (Lipinski definition) is 2. The van der Waals surface area contributed by atoms with Crippen LogP contribution in [-0.4, -0.2) is 11.1 Å². The fraction of sp³-hybridized carbons (Fsp3) is 1.00. The van der Waals surface area contributed by atoms with E-state index in [1.807, 2.05) is 11.8 Å². The Morgan fingerprint density at radius 3 is 2.43 bits per heavy atom. The molecule has 1 aliphatic heterocycles. The zero-order valence-electron chi connectivity index (χ0n) is 4.09. The minimum Gasteiger partial charge on any atom is -0.319 e. The van der Waals surface area contributed by atoms with Gasteiger partial charge in [-0.15, -0.1) is 24.2 Å². The van der Waals surface area contributed by atoms with E-state index in [1.165, 1.54) is 18.6 Å². The zero-order chi connectivity index (χ0) is 4.41. The van der Waals surface area contributed by atoms with E-state index >= 15 is 0 Å². The van der Waals surface area contributed by atoms with Crippen molar-refractivity contribution in [1.29, 1.82) is 0 Å². The maximum absolute atomic E-state index is 5.50. The molecule has 3 heteroatoms. The molecular weight excluding hydrogens is 130 g/mol. The van der Waals surface area contributed by atoms with Gasteiger partial charge in [-0.1, -0.05) is 0 Å². The number of hydrogen-bond donors (Lipinski definition) is 1. The molecule has 0 aromatic rings.